The van der Waals surface area contributed by atoms with Gasteiger partial charge in [-0.1, -0.05) is 53.5 Å². The molecule has 3 aromatic rings. The molecule has 0 aliphatic rings. The number of benzene rings is 3. The molecule has 0 saturated heterocycles. The van der Waals surface area contributed by atoms with Gasteiger partial charge in [-0.25, -0.2) is 0 Å². The van der Waals surface area contributed by atoms with Gasteiger partial charge in [0.05, 0.1) is 32.0 Å². The Morgan fingerprint density at radius 1 is 0.933 bits per heavy atom. The Kier molecular flexibility index (Phi) is 7.82. The second-order valence-electron chi connectivity index (χ2n) is 6.36. The van der Waals surface area contributed by atoms with Crippen LogP contribution in [0.5, 0.6) is 17.2 Å². The number of methoxy groups -OCH3 is 2. The first kappa shape index (κ1) is 21.8. The first-order valence-corrected chi connectivity index (χ1v) is 9.99. The Morgan fingerprint density at radius 3 is 2.50 bits per heavy atom. The van der Waals surface area contributed by atoms with E-state index in [1.54, 1.807) is 26.5 Å². The van der Waals surface area contributed by atoms with Gasteiger partial charge in [-0.15, -0.1) is 0 Å². The van der Waals surface area contributed by atoms with Gasteiger partial charge in [0.1, 0.15) is 12.4 Å². The lowest BCUT2D eigenvalue weighted by atomic mass is 10.2. The number of halogens is 2. The molecular formula is C23H22Cl2N2O3. The minimum atomic E-state index is 0.324. The largest absolute Gasteiger partial charge is 0.496 e. The lowest BCUT2D eigenvalue weighted by molar-refractivity contribution is 0.284. The summed E-state index contributed by atoms with van der Waals surface area (Å²) >= 11 is 12.4. The van der Waals surface area contributed by atoms with Gasteiger partial charge in [-0.05, 0) is 41.5 Å². The lowest BCUT2D eigenvalue weighted by Gasteiger charge is -2.13. The van der Waals surface area contributed by atoms with Crippen molar-refractivity contribution in [1.29, 1.82) is 0 Å². The van der Waals surface area contributed by atoms with E-state index < -0.39 is 0 Å². The van der Waals surface area contributed by atoms with E-state index in [2.05, 4.69) is 10.5 Å². The van der Waals surface area contributed by atoms with Gasteiger partial charge in [0.2, 0.25) is 0 Å². The zero-order valence-corrected chi connectivity index (χ0v) is 18.2. The van der Waals surface area contributed by atoms with Crippen molar-refractivity contribution in [3.63, 3.8) is 0 Å². The van der Waals surface area contributed by atoms with E-state index in [1.807, 2.05) is 54.6 Å². The molecule has 5 nitrogen and oxygen atoms in total. The van der Waals surface area contributed by atoms with Crippen molar-refractivity contribution in [3.8, 4) is 17.2 Å². The second kappa shape index (κ2) is 10.8. The maximum Gasteiger partial charge on any atom is 0.180 e. The third kappa shape index (κ3) is 5.81. The number of hydrazone groups is 1. The highest BCUT2D eigenvalue weighted by Gasteiger charge is 2.12. The van der Waals surface area contributed by atoms with Crippen LogP contribution in [-0.2, 0) is 13.2 Å². The quantitative estimate of drug-likeness (QED) is 0.339. The van der Waals surface area contributed by atoms with Crippen LogP contribution in [0.3, 0.4) is 0 Å². The summed E-state index contributed by atoms with van der Waals surface area (Å²) in [5.41, 5.74) is 5.74. The Hall–Kier alpha value is -2.89. The minimum absolute atomic E-state index is 0.324. The first-order chi connectivity index (χ1) is 14.6. The van der Waals surface area contributed by atoms with Gasteiger partial charge in [0.25, 0.3) is 0 Å². The fourth-order valence-electron chi connectivity index (χ4n) is 2.84. The summed E-state index contributed by atoms with van der Waals surface area (Å²) in [7, 11) is 3.21. The summed E-state index contributed by atoms with van der Waals surface area (Å²) in [5, 5.41) is 5.35. The van der Waals surface area contributed by atoms with Gasteiger partial charge < -0.3 is 19.6 Å². The van der Waals surface area contributed by atoms with E-state index in [1.165, 1.54) is 0 Å². The molecule has 0 unspecified atom stereocenters. The summed E-state index contributed by atoms with van der Waals surface area (Å²) in [6.45, 7) is 0.858. The molecule has 0 amide bonds. The molecule has 0 spiro atoms. The fraction of sp³-hybridized carbons (Fsp3) is 0.174. The van der Waals surface area contributed by atoms with E-state index in [-0.39, 0.29) is 0 Å². The smallest absolute Gasteiger partial charge is 0.180 e. The van der Waals surface area contributed by atoms with Crippen LogP contribution in [0, 0.1) is 0 Å². The summed E-state index contributed by atoms with van der Waals surface area (Å²) < 4.78 is 16.7. The molecule has 0 aliphatic heterocycles. The normalized spacial score (nSPS) is 10.8. The molecule has 0 heterocycles. The van der Waals surface area contributed by atoms with Crippen LogP contribution in [0.1, 0.15) is 16.7 Å². The van der Waals surface area contributed by atoms with Crippen LogP contribution >= 0.6 is 23.2 Å². The van der Waals surface area contributed by atoms with Crippen molar-refractivity contribution in [3.05, 3.63) is 87.4 Å². The van der Waals surface area contributed by atoms with Gasteiger partial charge in [0, 0.05) is 10.6 Å². The van der Waals surface area contributed by atoms with Crippen molar-refractivity contribution in [2.75, 3.05) is 14.2 Å². The molecule has 3 aromatic carbocycles. The summed E-state index contributed by atoms with van der Waals surface area (Å²) in [6.07, 6.45) is 1.67. The molecule has 1 N–H and O–H groups in total. The van der Waals surface area contributed by atoms with E-state index in [0.717, 1.165) is 22.4 Å². The van der Waals surface area contributed by atoms with Gasteiger partial charge >= 0.3 is 0 Å². The fourth-order valence-corrected chi connectivity index (χ4v) is 3.32. The number of nitrogens with one attached hydrogen (secondary N) is 1. The minimum Gasteiger partial charge on any atom is -0.496 e. The van der Waals surface area contributed by atoms with E-state index >= 15 is 0 Å². The third-order valence-electron chi connectivity index (χ3n) is 4.29. The zero-order valence-electron chi connectivity index (χ0n) is 16.7. The highest BCUT2D eigenvalue weighted by atomic mass is 35.5. The molecule has 0 aliphatic carbocycles. The lowest BCUT2D eigenvalue weighted by Crippen LogP contribution is -2.07. The highest BCUT2D eigenvalue weighted by molar-refractivity contribution is 6.32. The topological polar surface area (TPSA) is 52.1 Å². The standard InChI is InChI=1S/C23H22Cl2N2O3/c1-28-21-9-4-3-7-18(21)14-27-26-13-17-11-20(25)23(22(12-17)29-2)30-15-16-6-5-8-19(24)10-16/h3-13,27H,14-15H2,1-2H3/b26-13+. The highest BCUT2D eigenvalue weighted by Crippen LogP contribution is 2.36. The van der Waals surface area contributed by atoms with E-state index in [9.17, 15) is 0 Å². The van der Waals surface area contributed by atoms with Crippen molar-refractivity contribution in [2.45, 2.75) is 13.2 Å². The van der Waals surface area contributed by atoms with E-state index in [4.69, 9.17) is 37.4 Å². The molecule has 0 fully saturated rings. The van der Waals surface area contributed by atoms with E-state index in [0.29, 0.717) is 34.7 Å². The zero-order chi connectivity index (χ0) is 21.3. The average molecular weight is 445 g/mol. The summed E-state index contributed by atoms with van der Waals surface area (Å²) in [6, 6.07) is 18.8. The molecule has 7 heteroatoms. The predicted octanol–water partition coefficient (Wildman–Crippen LogP) is 5.71. The molecule has 0 aromatic heterocycles. The Labute approximate surface area is 186 Å². The molecule has 0 saturated carbocycles. The van der Waals surface area contributed by atoms with Crippen LogP contribution in [0.4, 0.5) is 0 Å². The van der Waals surface area contributed by atoms with Crippen LogP contribution in [-0.4, -0.2) is 20.4 Å². The van der Waals surface area contributed by atoms with Gasteiger partial charge in [-0.2, -0.15) is 5.10 Å². The number of rotatable bonds is 9. The molecule has 30 heavy (non-hydrogen) atoms. The van der Waals surface area contributed by atoms with Crippen LogP contribution in [0.15, 0.2) is 65.8 Å². The maximum absolute atomic E-state index is 6.43. The van der Waals surface area contributed by atoms with Crippen molar-refractivity contribution < 1.29 is 14.2 Å². The molecule has 0 radical (unpaired) electrons. The average Bonchev–Trinajstić information content (AvgIpc) is 2.76. The van der Waals surface area contributed by atoms with Crippen molar-refractivity contribution >= 4 is 29.4 Å². The maximum atomic E-state index is 6.43. The molecular weight excluding hydrogens is 423 g/mol. The monoisotopic (exact) mass is 444 g/mol. The van der Waals surface area contributed by atoms with Gasteiger partial charge in [0.15, 0.2) is 11.5 Å². The number of ether oxygens (including phenoxy) is 3. The SMILES string of the molecule is COc1ccccc1CN/N=C/c1cc(Cl)c(OCc2cccc(Cl)c2)c(OC)c1. The predicted molar refractivity (Wildman–Crippen MR) is 121 cm³/mol. The third-order valence-corrected chi connectivity index (χ3v) is 4.81. The number of para-hydroxylation sites is 1. The van der Waals surface area contributed by atoms with Gasteiger partial charge in [-0.3, -0.25) is 0 Å². The Bertz CT molecular complexity index is 1030. The number of nitrogens with zero attached hydrogens (tertiary/aromatic N) is 1. The van der Waals surface area contributed by atoms with Crippen molar-refractivity contribution in [2.24, 2.45) is 5.10 Å². The molecule has 0 bridgehead atoms. The first-order valence-electron chi connectivity index (χ1n) is 9.23. The molecule has 156 valence electrons. The van der Waals surface area contributed by atoms with Crippen LogP contribution in [0.25, 0.3) is 0 Å². The van der Waals surface area contributed by atoms with Crippen molar-refractivity contribution in [1.82, 2.24) is 5.43 Å². The van der Waals surface area contributed by atoms with Crippen LogP contribution < -0.4 is 19.6 Å². The number of hydrogen-bond donors (Lipinski definition) is 1. The molecule has 0 atom stereocenters. The summed E-state index contributed by atoms with van der Waals surface area (Å²) in [4.78, 5) is 0. The number of hydrogen-bond acceptors (Lipinski definition) is 5. The Morgan fingerprint density at radius 2 is 1.73 bits per heavy atom. The molecule has 3 rings (SSSR count). The van der Waals surface area contributed by atoms with Crippen LogP contribution in [0.2, 0.25) is 10.0 Å². The second-order valence-corrected chi connectivity index (χ2v) is 7.20. The Balaban J connectivity index is 1.66. The summed E-state index contributed by atoms with van der Waals surface area (Å²) in [5.74, 6) is 1.81.